The van der Waals surface area contributed by atoms with E-state index >= 15 is 0 Å². The fourth-order valence-electron chi connectivity index (χ4n) is 1.72. The minimum absolute atomic E-state index is 0.309. The largest absolute Gasteiger partial charge is 0.442 e. The molecule has 1 aromatic rings. The normalized spacial score (nSPS) is 15.6. The highest BCUT2D eigenvalue weighted by Gasteiger charge is 2.27. The Morgan fingerprint density at radius 2 is 2.47 bits per heavy atom. The highest BCUT2D eigenvalue weighted by Crippen LogP contribution is 2.18. The number of carbonyl (C=O) groups is 1. The molecule has 0 fully saturated rings. The molecular weight excluding hydrogens is 220 g/mol. The van der Waals surface area contributed by atoms with E-state index in [-0.39, 0.29) is 6.09 Å². The first kappa shape index (κ1) is 11.9. The lowest BCUT2D eigenvalue weighted by Crippen LogP contribution is -2.43. The summed E-state index contributed by atoms with van der Waals surface area (Å²) < 4.78 is 5.35. The number of nitrogens with one attached hydrogen (secondary N) is 1. The van der Waals surface area contributed by atoms with E-state index < -0.39 is 5.60 Å². The van der Waals surface area contributed by atoms with Gasteiger partial charge in [0.2, 0.25) is 0 Å². The fraction of sp³-hybridized carbons (Fsp3) is 0.636. The number of amides is 1. The summed E-state index contributed by atoms with van der Waals surface area (Å²) in [7, 11) is 0. The maximum absolute atomic E-state index is 11.9. The van der Waals surface area contributed by atoms with Gasteiger partial charge in [0.1, 0.15) is 5.60 Å². The van der Waals surface area contributed by atoms with E-state index in [9.17, 15) is 4.79 Å². The molecule has 0 aliphatic carbocycles. The standard InChI is InChI=1S/C11H18N4O2/c1-11(2,7-12)17-10(16)15-4-3-9-8(6-15)5-13-14-9/h5H,3-4,6-7,12H2,1-2H3,(H,13,14). The molecule has 0 bridgehead atoms. The summed E-state index contributed by atoms with van der Waals surface area (Å²) in [4.78, 5) is 13.6. The van der Waals surface area contributed by atoms with Crippen LogP contribution in [0.1, 0.15) is 25.1 Å². The van der Waals surface area contributed by atoms with Crippen LogP contribution in [0.3, 0.4) is 0 Å². The maximum atomic E-state index is 11.9. The summed E-state index contributed by atoms with van der Waals surface area (Å²) in [5, 5.41) is 6.89. The summed E-state index contributed by atoms with van der Waals surface area (Å²) in [6.45, 7) is 5.11. The molecule has 3 N–H and O–H groups in total. The molecule has 17 heavy (non-hydrogen) atoms. The second-order valence-corrected chi connectivity index (χ2v) is 4.88. The first-order chi connectivity index (χ1) is 8.02. The van der Waals surface area contributed by atoms with Gasteiger partial charge in [-0.2, -0.15) is 5.10 Å². The van der Waals surface area contributed by atoms with E-state index in [1.165, 1.54) is 0 Å². The molecule has 0 spiro atoms. The Bertz CT molecular complexity index is 413. The van der Waals surface area contributed by atoms with Crippen molar-refractivity contribution in [3.63, 3.8) is 0 Å². The molecule has 6 heteroatoms. The summed E-state index contributed by atoms with van der Waals surface area (Å²) >= 11 is 0. The zero-order chi connectivity index (χ0) is 12.5. The summed E-state index contributed by atoms with van der Waals surface area (Å²) in [6, 6.07) is 0. The van der Waals surface area contributed by atoms with Crippen molar-refractivity contribution in [2.45, 2.75) is 32.4 Å². The highest BCUT2D eigenvalue weighted by molar-refractivity contribution is 5.68. The molecule has 0 radical (unpaired) electrons. The van der Waals surface area contributed by atoms with Gasteiger partial charge in [-0.3, -0.25) is 5.10 Å². The molecule has 0 saturated heterocycles. The van der Waals surface area contributed by atoms with Gasteiger partial charge >= 0.3 is 6.09 Å². The number of aromatic nitrogens is 2. The molecule has 1 aliphatic rings. The molecule has 0 aromatic carbocycles. The van der Waals surface area contributed by atoms with Gasteiger partial charge in [-0.1, -0.05) is 0 Å². The molecule has 0 saturated carbocycles. The number of hydrogen-bond donors (Lipinski definition) is 2. The second kappa shape index (κ2) is 4.37. The Hall–Kier alpha value is -1.56. The van der Waals surface area contributed by atoms with Crippen molar-refractivity contribution < 1.29 is 9.53 Å². The average molecular weight is 238 g/mol. The van der Waals surface area contributed by atoms with Crippen molar-refractivity contribution in [3.05, 3.63) is 17.5 Å². The number of aromatic amines is 1. The maximum Gasteiger partial charge on any atom is 0.410 e. The van der Waals surface area contributed by atoms with Gasteiger partial charge in [-0.15, -0.1) is 0 Å². The van der Waals surface area contributed by atoms with Crippen molar-refractivity contribution in [1.29, 1.82) is 0 Å². The van der Waals surface area contributed by atoms with E-state index in [0.717, 1.165) is 17.7 Å². The van der Waals surface area contributed by atoms with Gasteiger partial charge < -0.3 is 15.4 Å². The van der Waals surface area contributed by atoms with Crippen LogP contribution in [-0.4, -0.2) is 39.9 Å². The van der Waals surface area contributed by atoms with Crippen LogP contribution in [0.25, 0.3) is 0 Å². The number of nitrogens with zero attached hydrogens (tertiary/aromatic N) is 2. The van der Waals surface area contributed by atoms with Gasteiger partial charge in [0.25, 0.3) is 0 Å². The fourth-order valence-corrected chi connectivity index (χ4v) is 1.72. The Morgan fingerprint density at radius 3 is 3.18 bits per heavy atom. The lowest BCUT2D eigenvalue weighted by Gasteiger charge is -2.30. The van der Waals surface area contributed by atoms with Crippen LogP contribution < -0.4 is 5.73 Å². The van der Waals surface area contributed by atoms with Crippen molar-refractivity contribution in [2.75, 3.05) is 13.1 Å². The van der Waals surface area contributed by atoms with Gasteiger partial charge in [-0.25, -0.2) is 4.79 Å². The zero-order valence-electron chi connectivity index (χ0n) is 10.2. The van der Waals surface area contributed by atoms with Crippen LogP contribution in [0, 0.1) is 0 Å². The summed E-state index contributed by atoms with van der Waals surface area (Å²) in [5.41, 5.74) is 7.07. The third-order valence-corrected chi connectivity index (χ3v) is 2.91. The number of H-pyrrole nitrogens is 1. The van der Waals surface area contributed by atoms with Gasteiger partial charge in [0, 0.05) is 30.8 Å². The van der Waals surface area contributed by atoms with Crippen LogP contribution in [0.2, 0.25) is 0 Å². The van der Waals surface area contributed by atoms with E-state index in [2.05, 4.69) is 10.2 Å². The number of carbonyl (C=O) groups excluding carboxylic acids is 1. The van der Waals surface area contributed by atoms with Crippen LogP contribution in [0.5, 0.6) is 0 Å². The third-order valence-electron chi connectivity index (χ3n) is 2.91. The molecule has 1 aliphatic heterocycles. The van der Waals surface area contributed by atoms with E-state index in [0.29, 0.717) is 19.6 Å². The molecule has 0 atom stereocenters. The summed E-state index contributed by atoms with van der Waals surface area (Å²) in [5.74, 6) is 0. The first-order valence-corrected chi connectivity index (χ1v) is 5.71. The van der Waals surface area contributed by atoms with Gasteiger partial charge in [0.05, 0.1) is 12.7 Å². The number of fused-ring (bicyclic) bond motifs is 1. The minimum Gasteiger partial charge on any atom is -0.442 e. The van der Waals surface area contributed by atoms with Crippen molar-refractivity contribution in [2.24, 2.45) is 5.73 Å². The predicted octanol–water partition coefficient (Wildman–Crippen LogP) is 0.642. The second-order valence-electron chi connectivity index (χ2n) is 4.88. The Balaban J connectivity index is 1.99. The molecule has 2 heterocycles. The average Bonchev–Trinajstić information content (AvgIpc) is 2.75. The zero-order valence-corrected chi connectivity index (χ0v) is 10.2. The van der Waals surface area contributed by atoms with Crippen LogP contribution in [0.4, 0.5) is 4.79 Å². The third kappa shape index (κ3) is 2.58. The molecule has 0 unspecified atom stereocenters. The molecule has 1 amide bonds. The Kier molecular flexibility index (Phi) is 3.06. The van der Waals surface area contributed by atoms with Crippen molar-refractivity contribution in [1.82, 2.24) is 15.1 Å². The van der Waals surface area contributed by atoms with Crippen LogP contribution >= 0.6 is 0 Å². The SMILES string of the molecule is CC(C)(CN)OC(=O)N1CCc2[nH]ncc2C1. The topological polar surface area (TPSA) is 84.2 Å². The highest BCUT2D eigenvalue weighted by atomic mass is 16.6. The molecule has 6 nitrogen and oxygen atoms in total. The van der Waals surface area contributed by atoms with Crippen molar-refractivity contribution in [3.8, 4) is 0 Å². The monoisotopic (exact) mass is 238 g/mol. The van der Waals surface area contributed by atoms with E-state index in [4.69, 9.17) is 10.5 Å². The Morgan fingerprint density at radius 1 is 1.71 bits per heavy atom. The lowest BCUT2D eigenvalue weighted by atomic mass is 10.1. The number of hydrogen-bond acceptors (Lipinski definition) is 4. The molecule has 94 valence electrons. The number of nitrogens with two attached hydrogens (primary N) is 1. The number of ether oxygens (including phenoxy) is 1. The molecule has 1 aromatic heterocycles. The minimum atomic E-state index is -0.617. The lowest BCUT2D eigenvalue weighted by molar-refractivity contribution is 0.0165. The quantitative estimate of drug-likeness (QED) is 0.792. The van der Waals surface area contributed by atoms with Crippen LogP contribution in [0.15, 0.2) is 6.20 Å². The van der Waals surface area contributed by atoms with E-state index in [1.54, 1.807) is 24.9 Å². The molecular formula is C11H18N4O2. The first-order valence-electron chi connectivity index (χ1n) is 5.71. The van der Waals surface area contributed by atoms with Crippen molar-refractivity contribution >= 4 is 6.09 Å². The number of rotatable bonds is 2. The Labute approximate surface area is 100 Å². The predicted molar refractivity (Wildman–Crippen MR) is 62.3 cm³/mol. The van der Waals surface area contributed by atoms with Gasteiger partial charge in [0.15, 0.2) is 0 Å². The summed E-state index contributed by atoms with van der Waals surface area (Å²) in [6.07, 6.45) is 2.23. The van der Waals surface area contributed by atoms with Crippen LogP contribution in [-0.2, 0) is 17.7 Å². The van der Waals surface area contributed by atoms with E-state index in [1.807, 2.05) is 0 Å². The van der Waals surface area contributed by atoms with Gasteiger partial charge in [-0.05, 0) is 13.8 Å². The smallest absolute Gasteiger partial charge is 0.410 e. The molecule has 2 rings (SSSR count).